The summed E-state index contributed by atoms with van der Waals surface area (Å²) >= 11 is 0. The molecule has 0 saturated heterocycles. The van der Waals surface area contributed by atoms with Crippen molar-refractivity contribution < 1.29 is 0 Å². The van der Waals surface area contributed by atoms with Crippen molar-refractivity contribution in [2.45, 2.75) is 32.4 Å². The molecule has 0 aliphatic carbocycles. The molecule has 0 aliphatic heterocycles. The number of hydrogen-bond donors (Lipinski definition) is 2. The summed E-state index contributed by atoms with van der Waals surface area (Å²) in [4.78, 5) is 0. The van der Waals surface area contributed by atoms with E-state index in [1.165, 1.54) is 5.56 Å². The Morgan fingerprint density at radius 2 is 1.86 bits per heavy atom. The van der Waals surface area contributed by atoms with Crippen molar-refractivity contribution in [2.24, 2.45) is 5.73 Å². The summed E-state index contributed by atoms with van der Waals surface area (Å²) in [6.45, 7) is 5.27. The molecule has 1 aromatic carbocycles. The first kappa shape index (κ1) is 11.2. The lowest BCUT2D eigenvalue weighted by Crippen LogP contribution is -2.26. The number of hydrogen-bond acceptors (Lipinski definition) is 2. The zero-order valence-electron chi connectivity index (χ0n) is 9.03. The first-order valence-electron chi connectivity index (χ1n) is 5.24. The third-order valence-electron chi connectivity index (χ3n) is 2.24. The van der Waals surface area contributed by atoms with E-state index in [2.05, 4.69) is 31.3 Å². The van der Waals surface area contributed by atoms with E-state index in [9.17, 15) is 0 Å². The van der Waals surface area contributed by atoms with E-state index >= 15 is 0 Å². The second kappa shape index (κ2) is 5.78. The average Bonchev–Trinajstić information content (AvgIpc) is 2.18. The van der Waals surface area contributed by atoms with Crippen molar-refractivity contribution in [1.82, 2.24) is 5.32 Å². The molecule has 0 heterocycles. The van der Waals surface area contributed by atoms with Gasteiger partial charge in [-0.3, -0.25) is 0 Å². The first-order chi connectivity index (χ1) is 6.70. The monoisotopic (exact) mass is 192 g/mol. The molecule has 78 valence electrons. The molecule has 14 heavy (non-hydrogen) atoms. The average molecular weight is 192 g/mol. The van der Waals surface area contributed by atoms with Crippen molar-refractivity contribution in [3.63, 3.8) is 0 Å². The molecule has 0 fully saturated rings. The number of nitrogens with two attached hydrogens (primary N) is 1. The number of nitrogens with one attached hydrogen (secondary N) is 1. The highest BCUT2D eigenvalue weighted by Gasteiger charge is 2.04. The van der Waals surface area contributed by atoms with E-state index in [1.54, 1.807) is 0 Å². The van der Waals surface area contributed by atoms with Crippen LogP contribution >= 0.6 is 0 Å². The highest BCUT2D eigenvalue weighted by molar-refractivity contribution is 5.18. The third kappa shape index (κ3) is 3.90. The lowest BCUT2D eigenvalue weighted by Gasteiger charge is -2.13. The van der Waals surface area contributed by atoms with Crippen LogP contribution in [0.4, 0.5) is 0 Å². The highest BCUT2D eigenvalue weighted by atomic mass is 14.9. The van der Waals surface area contributed by atoms with Gasteiger partial charge in [0.25, 0.3) is 0 Å². The predicted molar refractivity (Wildman–Crippen MR) is 61.1 cm³/mol. The maximum atomic E-state index is 6.04. The zero-order chi connectivity index (χ0) is 10.4. The van der Waals surface area contributed by atoms with Crippen LogP contribution < -0.4 is 11.1 Å². The molecule has 2 heteroatoms. The van der Waals surface area contributed by atoms with Gasteiger partial charge >= 0.3 is 0 Å². The Balaban J connectivity index is 2.32. The molecule has 0 aromatic heterocycles. The van der Waals surface area contributed by atoms with Crippen LogP contribution in [-0.4, -0.2) is 12.6 Å². The zero-order valence-corrected chi connectivity index (χ0v) is 9.03. The quantitative estimate of drug-likeness (QED) is 0.749. The van der Waals surface area contributed by atoms with E-state index in [1.807, 2.05) is 18.2 Å². The Morgan fingerprint density at radius 1 is 1.21 bits per heavy atom. The fourth-order valence-corrected chi connectivity index (χ4v) is 1.39. The standard InChI is InChI=1S/C12H20N2/c1-10(2)14-9-8-12(13)11-6-4-3-5-7-11/h3-7,10,12,14H,8-9,13H2,1-2H3/t12-/m0/s1. The fourth-order valence-electron chi connectivity index (χ4n) is 1.39. The van der Waals surface area contributed by atoms with Gasteiger partial charge in [-0.2, -0.15) is 0 Å². The normalized spacial score (nSPS) is 13.1. The Hall–Kier alpha value is -0.860. The van der Waals surface area contributed by atoms with Gasteiger partial charge in [-0.1, -0.05) is 44.2 Å². The minimum absolute atomic E-state index is 0.155. The maximum Gasteiger partial charge on any atom is 0.0306 e. The van der Waals surface area contributed by atoms with Gasteiger partial charge in [0.05, 0.1) is 0 Å². The van der Waals surface area contributed by atoms with Gasteiger partial charge < -0.3 is 11.1 Å². The SMILES string of the molecule is CC(C)NCC[C@H](N)c1ccccc1. The third-order valence-corrected chi connectivity index (χ3v) is 2.24. The number of rotatable bonds is 5. The summed E-state index contributed by atoms with van der Waals surface area (Å²) in [6.07, 6.45) is 0.988. The molecule has 1 atom stereocenters. The van der Waals surface area contributed by atoms with Crippen LogP contribution in [0.3, 0.4) is 0 Å². The molecule has 1 rings (SSSR count). The fraction of sp³-hybridized carbons (Fsp3) is 0.500. The summed E-state index contributed by atoms with van der Waals surface area (Å²) < 4.78 is 0. The summed E-state index contributed by atoms with van der Waals surface area (Å²) in [5, 5.41) is 3.37. The molecule has 3 N–H and O–H groups in total. The Morgan fingerprint density at radius 3 is 2.43 bits per heavy atom. The molecule has 0 amide bonds. The lowest BCUT2D eigenvalue weighted by atomic mass is 10.1. The molecular weight excluding hydrogens is 172 g/mol. The van der Waals surface area contributed by atoms with Gasteiger partial charge in [-0.25, -0.2) is 0 Å². The molecule has 0 spiro atoms. The molecular formula is C12H20N2. The number of benzene rings is 1. The van der Waals surface area contributed by atoms with Crippen LogP contribution in [0.15, 0.2) is 30.3 Å². The van der Waals surface area contributed by atoms with Crippen LogP contribution in [0.2, 0.25) is 0 Å². The largest absolute Gasteiger partial charge is 0.324 e. The van der Waals surface area contributed by atoms with E-state index in [-0.39, 0.29) is 6.04 Å². The Kier molecular flexibility index (Phi) is 4.63. The molecule has 0 bridgehead atoms. The summed E-state index contributed by atoms with van der Waals surface area (Å²) in [6, 6.07) is 10.9. The molecule has 0 radical (unpaired) electrons. The lowest BCUT2D eigenvalue weighted by molar-refractivity contribution is 0.533. The van der Waals surface area contributed by atoms with Crippen LogP contribution in [0.25, 0.3) is 0 Å². The van der Waals surface area contributed by atoms with Crippen LogP contribution in [0.1, 0.15) is 31.9 Å². The van der Waals surface area contributed by atoms with E-state index in [0.717, 1.165) is 13.0 Å². The van der Waals surface area contributed by atoms with Crippen LogP contribution in [0.5, 0.6) is 0 Å². The van der Waals surface area contributed by atoms with Crippen molar-refractivity contribution >= 4 is 0 Å². The van der Waals surface area contributed by atoms with Gasteiger partial charge in [-0.15, -0.1) is 0 Å². The summed E-state index contributed by atoms with van der Waals surface area (Å²) in [7, 11) is 0. The van der Waals surface area contributed by atoms with Crippen molar-refractivity contribution in [3.8, 4) is 0 Å². The summed E-state index contributed by atoms with van der Waals surface area (Å²) in [5.74, 6) is 0. The molecule has 2 nitrogen and oxygen atoms in total. The van der Waals surface area contributed by atoms with Gasteiger partial charge in [0.1, 0.15) is 0 Å². The molecule has 0 unspecified atom stereocenters. The van der Waals surface area contributed by atoms with Crippen molar-refractivity contribution in [1.29, 1.82) is 0 Å². The Bertz CT molecular complexity index is 244. The maximum absolute atomic E-state index is 6.04. The van der Waals surface area contributed by atoms with Crippen LogP contribution in [0, 0.1) is 0 Å². The minimum atomic E-state index is 0.155. The van der Waals surface area contributed by atoms with E-state index < -0.39 is 0 Å². The van der Waals surface area contributed by atoms with Gasteiger partial charge in [-0.05, 0) is 18.5 Å². The van der Waals surface area contributed by atoms with Crippen molar-refractivity contribution in [2.75, 3.05) is 6.54 Å². The predicted octanol–water partition coefficient (Wildman–Crippen LogP) is 2.07. The Labute approximate surface area is 86.5 Å². The van der Waals surface area contributed by atoms with Gasteiger partial charge in [0, 0.05) is 12.1 Å². The van der Waals surface area contributed by atoms with Gasteiger partial charge in [0.2, 0.25) is 0 Å². The van der Waals surface area contributed by atoms with Crippen LogP contribution in [-0.2, 0) is 0 Å². The van der Waals surface area contributed by atoms with Gasteiger partial charge in [0.15, 0.2) is 0 Å². The molecule has 1 aromatic rings. The van der Waals surface area contributed by atoms with E-state index in [4.69, 9.17) is 5.73 Å². The first-order valence-corrected chi connectivity index (χ1v) is 5.24. The molecule has 0 aliphatic rings. The smallest absolute Gasteiger partial charge is 0.0306 e. The topological polar surface area (TPSA) is 38.0 Å². The second-order valence-electron chi connectivity index (χ2n) is 3.91. The van der Waals surface area contributed by atoms with Crippen molar-refractivity contribution in [3.05, 3.63) is 35.9 Å². The molecule has 0 saturated carbocycles. The summed E-state index contributed by atoms with van der Waals surface area (Å²) in [5.41, 5.74) is 7.26. The van der Waals surface area contributed by atoms with E-state index in [0.29, 0.717) is 6.04 Å². The highest BCUT2D eigenvalue weighted by Crippen LogP contribution is 2.12. The minimum Gasteiger partial charge on any atom is -0.324 e. The second-order valence-corrected chi connectivity index (χ2v) is 3.91.